The van der Waals surface area contributed by atoms with Gasteiger partial charge in [-0.15, -0.1) is 5.10 Å². The minimum absolute atomic E-state index is 0.0234. The third-order valence-corrected chi connectivity index (χ3v) is 5.73. The molecule has 0 fully saturated rings. The third kappa shape index (κ3) is 2.69. The van der Waals surface area contributed by atoms with Crippen LogP contribution < -0.4 is 19.9 Å². The maximum atomic E-state index is 9.79. The molecule has 9 heteroatoms. The van der Waals surface area contributed by atoms with Crippen molar-refractivity contribution in [3.05, 3.63) is 69.0 Å². The number of H-pyrrole nitrogens is 1. The Hall–Kier alpha value is -3.34. The van der Waals surface area contributed by atoms with Crippen LogP contribution in [0.2, 0.25) is 10.0 Å². The van der Waals surface area contributed by atoms with Crippen molar-refractivity contribution >= 4 is 23.2 Å². The van der Waals surface area contributed by atoms with E-state index in [1.165, 1.54) is 0 Å². The van der Waals surface area contributed by atoms with Crippen LogP contribution in [-0.4, -0.2) is 17.0 Å². The summed E-state index contributed by atoms with van der Waals surface area (Å²) in [4.78, 5) is 0. The molecule has 0 spiro atoms. The van der Waals surface area contributed by atoms with E-state index in [0.717, 1.165) is 5.56 Å². The fourth-order valence-corrected chi connectivity index (χ4v) is 3.99. The molecule has 1 atom stereocenters. The van der Waals surface area contributed by atoms with Crippen molar-refractivity contribution in [1.29, 1.82) is 5.26 Å². The van der Waals surface area contributed by atoms with E-state index in [9.17, 15) is 5.26 Å². The Bertz CT molecular complexity index is 1230. The van der Waals surface area contributed by atoms with Gasteiger partial charge in [-0.05, 0) is 29.8 Å². The Morgan fingerprint density at radius 3 is 2.83 bits per heavy atom. The predicted octanol–water partition coefficient (Wildman–Crippen LogP) is 4.33. The normalized spacial score (nSPS) is 16.9. The zero-order chi connectivity index (χ0) is 20.1. The van der Waals surface area contributed by atoms with Gasteiger partial charge in [0.05, 0.1) is 27.2 Å². The highest BCUT2D eigenvalue weighted by atomic mass is 35.5. The number of rotatable bonds is 2. The second-order valence-corrected chi connectivity index (χ2v) is 7.24. The fraction of sp³-hybridized carbons (Fsp3) is 0.100. The average molecular weight is 427 g/mol. The molecule has 144 valence electrons. The number of aromatic amines is 1. The number of nitrogens with zero attached hydrogens (tertiary/aromatic N) is 2. The van der Waals surface area contributed by atoms with Crippen molar-refractivity contribution in [2.24, 2.45) is 5.73 Å². The maximum Gasteiger partial charge on any atom is 0.244 e. The van der Waals surface area contributed by atoms with Gasteiger partial charge >= 0.3 is 0 Å². The molecular formula is C20H12Cl2N4O3. The van der Waals surface area contributed by atoms with E-state index in [2.05, 4.69) is 16.3 Å². The van der Waals surface area contributed by atoms with Crippen LogP contribution in [0.5, 0.6) is 17.4 Å². The van der Waals surface area contributed by atoms with Gasteiger partial charge in [0.1, 0.15) is 11.6 Å². The number of allylic oxidation sites excluding steroid dienone is 1. The first-order valence-electron chi connectivity index (χ1n) is 8.58. The minimum Gasteiger partial charge on any atom is -0.454 e. The van der Waals surface area contributed by atoms with Crippen LogP contribution in [0.1, 0.15) is 17.0 Å². The van der Waals surface area contributed by atoms with Gasteiger partial charge in [0.15, 0.2) is 11.5 Å². The molecule has 0 unspecified atom stereocenters. The molecule has 0 radical (unpaired) electrons. The summed E-state index contributed by atoms with van der Waals surface area (Å²) in [5.41, 5.74) is 8.94. The van der Waals surface area contributed by atoms with E-state index >= 15 is 0 Å². The van der Waals surface area contributed by atoms with E-state index in [-0.39, 0.29) is 24.1 Å². The van der Waals surface area contributed by atoms with Gasteiger partial charge in [0.25, 0.3) is 0 Å². The van der Waals surface area contributed by atoms with Crippen molar-refractivity contribution in [1.82, 2.24) is 10.2 Å². The molecule has 0 saturated heterocycles. The molecule has 2 aliphatic rings. The van der Waals surface area contributed by atoms with Crippen molar-refractivity contribution in [3.63, 3.8) is 0 Å². The summed E-state index contributed by atoms with van der Waals surface area (Å²) >= 11 is 12.7. The number of hydrogen-bond donors (Lipinski definition) is 2. The van der Waals surface area contributed by atoms with Crippen LogP contribution in [0.25, 0.3) is 11.3 Å². The summed E-state index contributed by atoms with van der Waals surface area (Å²) in [5, 5.41) is 17.7. The van der Waals surface area contributed by atoms with Gasteiger partial charge < -0.3 is 19.9 Å². The lowest BCUT2D eigenvalue weighted by Crippen LogP contribution is -2.21. The molecule has 3 heterocycles. The molecule has 3 aromatic rings. The molecule has 7 nitrogen and oxygen atoms in total. The van der Waals surface area contributed by atoms with Gasteiger partial charge in [0.2, 0.25) is 18.6 Å². The molecule has 3 N–H and O–H groups in total. The van der Waals surface area contributed by atoms with E-state index < -0.39 is 5.92 Å². The first-order chi connectivity index (χ1) is 14.1. The van der Waals surface area contributed by atoms with E-state index in [4.69, 9.17) is 43.1 Å². The lowest BCUT2D eigenvalue weighted by atomic mass is 9.83. The smallest absolute Gasteiger partial charge is 0.244 e. The summed E-state index contributed by atoms with van der Waals surface area (Å²) in [5.74, 6) is 0.930. The Morgan fingerprint density at radius 2 is 2.00 bits per heavy atom. The molecule has 2 aliphatic heterocycles. The van der Waals surface area contributed by atoms with Gasteiger partial charge in [0, 0.05) is 5.56 Å². The molecule has 29 heavy (non-hydrogen) atoms. The van der Waals surface area contributed by atoms with Crippen molar-refractivity contribution < 1.29 is 14.2 Å². The Kier molecular flexibility index (Phi) is 4.05. The highest BCUT2D eigenvalue weighted by molar-refractivity contribution is 6.42. The summed E-state index contributed by atoms with van der Waals surface area (Å²) in [7, 11) is 0. The Labute approximate surface area is 175 Å². The molecule has 1 aromatic heterocycles. The highest BCUT2D eigenvalue weighted by Gasteiger charge is 2.37. The SMILES string of the molecule is N#CC1=C(N)Oc2n[nH]c(-c3ccc4c(c3)OCO4)c2[C@@H]1c1cccc(Cl)c1Cl. The molecule has 0 aliphatic carbocycles. The largest absolute Gasteiger partial charge is 0.454 e. The fourth-order valence-electron chi connectivity index (χ4n) is 3.57. The predicted molar refractivity (Wildman–Crippen MR) is 106 cm³/mol. The van der Waals surface area contributed by atoms with Gasteiger partial charge in [-0.25, -0.2) is 0 Å². The number of aromatic nitrogens is 2. The van der Waals surface area contributed by atoms with E-state index in [0.29, 0.717) is 38.4 Å². The number of ether oxygens (including phenoxy) is 3. The number of fused-ring (bicyclic) bond motifs is 2. The maximum absolute atomic E-state index is 9.79. The van der Waals surface area contributed by atoms with Crippen LogP contribution in [0.15, 0.2) is 47.9 Å². The summed E-state index contributed by atoms with van der Waals surface area (Å²) in [6, 6.07) is 12.9. The molecule has 0 bridgehead atoms. The summed E-state index contributed by atoms with van der Waals surface area (Å²) in [6.45, 7) is 0.168. The number of nitrogens with one attached hydrogen (secondary N) is 1. The molecule has 5 rings (SSSR count). The van der Waals surface area contributed by atoms with E-state index in [1.54, 1.807) is 18.2 Å². The highest BCUT2D eigenvalue weighted by Crippen LogP contribution is 2.49. The van der Waals surface area contributed by atoms with Gasteiger partial charge in [-0.3, -0.25) is 5.10 Å². The van der Waals surface area contributed by atoms with Crippen LogP contribution in [0, 0.1) is 11.3 Å². The first-order valence-corrected chi connectivity index (χ1v) is 9.34. The number of halogens is 2. The lowest BCUT2D eigenvalue weighted by molar-refractivity contribution is 0.174. The van der Waals surface area contributed by atoms with Crippen molar-refractivity contribution in [2.45, 2.75) is 5.92 Å². The molecular weight excluding hydrogens is 415 g/mol. The van der Waals surface area contributed by atoms with Crippen LogP contribution in [-0.2, 0) is 0 Å². The van der Waals surface area contributed by atoms with Gasteiger partial charge in [-0.2, -0.15) is 5.26 Å². The van der Waals surface area contributed by atoms with Crippen molar-refractivity contribution in [3.8, 4) is 34.7 Å². The van der Waals surface area contributed by atoms with Crippen molar-refractivity contribution in [2.75, 3.05) is 6.79 Å². The Balaban J connectivity index is 1.74. The second-order valence-electron chi connectivity index (χ2n) is 6.45. The van der Waals surface area contributed by atoms with Crippen LogP contribution >= 0.6 is 23.2 Å². The van der Waals surface area contributed by atoms with Crippen LogP contribution in [0.4, 0.5) is 0 Å². The standard InChI is InChI=1S/C20H12Cl2N4O3/c21-12-3-1-2-10(17(12)22)15-11(7-23)19(24)29-20-16(15)18(25-26-20)9-4-5-13-14(6-9)28-8-27-13/h1-6,15H,8,24H2,(H,25,26)/t15-/m1/s1. The number of hydrogen-bond acceptors (Lipinski definition) is 6. The van der Waals surface area contributed by atoms with Crippen LogP contribution in [0.3, 0.4) is 0 Å². The molecule has 0 amide bonds. The number of nitrogens with two attached hydrogens (primary N) is 1. The zero-order valence-corrected chi connectivity index (χ0v) is 16.2. The second kappa shape index (κ2) is 6.62. The molecule has 0 saturated carbocycles. The molecule has 2 aromatic carbocycles. The zero-order valence-electron chi connectivity index (χ0n) is 14.7. The lowest BCUT2D eigenvalue weighted by Gasteiger charge is -2.25. The number of nitriles is 1. The first kappa shape index (κ1) is 17.7. The topological polar surface area (TPSA) is 106 Å². The number of benzene rings is 2. The van der Waals surface area contributed by atoms with Gasteiger partial charge in [-0.1, -0.05) is 35.3 Å². The third-order valence-electron chi connectivity index (χ3n) is 4.89. The average Bonchev–Trinajstić information content (AvgIpc) is 3.35. The monoisotopic (exact) mass is 426 g/mol. The quantitative estimate of drug-likeness (QED) is 0.631. The van der Waals surface area contributed by atoms with E-state index in [1.807, 2.05) is 18.2 Å². The summed E-state index contributed by atoms with van der Waals surface area (Å²) < 4.78 is 16.5. The Morgan fingerprint density at radius 1 is 1.17 bits per heavy atom. The minimum atomic E-state index is -0.603. The summed E-state index contributed by atoms with van der Waals surface area (Å²) in [6.07, 6.45) is 0.